The van der Waals surface area contributed by atoms with Crippen LogP contribution < -0.4 is 5.73 Å². The zero-order chi connectivity index (χ0) is 16.4. The predicted molar refractivity (Wildman–Crippen MR) is 72.1 cm³/mol. The monoisotopic (exact) mass is 325 g/mol. The fraction of sp³-hybridized carbons (Fsp3) is 0.538. The minimum Gasteiger partial charge on any atom is -0.325 e. The summed E-state index contributed by atoms with van der Waals surface area (Å²) in [6.45, 7) is 4.65. The zero-order valence-corrected chi connectivity index (χ0v) is 12.7. The Kier molecular flexibility index (Phi) is 5.40. The molecule has 2 N–H and O–H groups in total. The molecule has 2 unspecified atom stereocenters. The molecule has 1 rings (SSSR count). The normalized spacial score (nSPS) is 16.0. The fourth-order valence-corrected chi connectivity index (χ4v) is 2.67. The second-order valence-corrected chi connectivity index (χ2v) is 6.72. The van der Waals surface area contributed by atoms with Gasteiger partial charge in [0.1, 0.15) is 0 Å². The van der Waals surface area contributed by atoms with E-state index in [0.29, 0.717) is 0 Å². The SMILES string of the molecule is Cc1ccc(S(=O)(=O)OC(C(N)C(C)C)C(F)(F)F)cc1. The second kappa shape index (κ2) is 6.33. The summed E-state index contributed by atoms with van der Waals surface area (Å²) in [5.41, 5.74) is 6.22. The molecule has 0 fully saturated rings. The van der Waals surface area contributed by atoms with Crippen molar-refractivity contribution in [3.8, 4) is 0 Å². The number of halogens is 3. The number of alkyl halides is 3. The third-order valence-corrected chi connectivity index (χ3v) is 4.29. The van der Waals surface area contributed by atoms with Gasteiger partial charge < -0.3 is 5.73 Å². The average molecular weight is 325 g/mol. The van der Waals surface area contributed by atoms with Crippen molar-refractivity contribution in [1.82, 2.24) is 0 Å². The number of benzene rings is 1. The first kappa shape index (κ1) is 17.9. The molecule has 0 aromatic heterocycles. The summed E-state index contributed by atoms with van der Waals surface area (Å²) >= 11 is 0. The second-order valence-electron chi connectivity index (χ2n) is 5.15. The number of aryl methyl sites for hydroxylation is 1. The Labute approximate surface area is 122 Å². The van der Waals surface area contributed by atoms with Crippen LogP contribution >= 0.6 is 0 Å². The molecule has 0 heterocycles. The van der Waals surface area contributed by atoms with E-state index in [4.69, 9.17) is 5.73 Å². The maximum absolute atomic E-state index is 13.0. The van der Waals surface area contributed by atoms with Crippen molar-refractivity contribution in [3.63, 3.8) is 0 Å². The largest absolute Gasteiger partial charge is 0.417 e. The summed E-state index contributed by atoms with van der Waals surface area (Å²) in [6, 6.07) is 3.85. The Balaban J connectivity index is 3.10. The Morgan fingerprint density at radius 1 is 1.14 bits per heavy atom. The third-order valence-electron chi connectivity index (χ3n) is 2.98. The van der Waals surface area contributed by atoms with Gasteiger partial charge in [0, 0.05) is 6.04 Å². The maximum atomic E-state index is 13.0. The van der Waals surface area contributed by atoms with Gasteiger partial charge in [-0.1, -0.05) is 31.5 Å². The molecule has 1 aromatic rings. The highest BCUT2D eigenvalue weighted by Gasteiger charge is 2.48. The van der Waals surface area contributed by atoms with Crippen molar-refractivity contribution >= 4 is 10.1 Å². The van der Waals surface area contributed by atoms with E-state index in [-0.39, 0.29) is 4.90 Å². The molecule has 0 radical (unpaired) electrons. The highest BCUT2D eigenvalue weighted by Crippen LogP contribution is 2.30. The van der Waals surface area contributed by atoms with Crippen LogP contribution in [0.2, 0.25) is 0 Å². The van der Waals surface area contributed by atoms with Crippen molar-refractivity contribution in [1.29, 1.82) is 0 Å². The van der Waals surface area contributed by atoms with Crippen LogP contribution in [0.4, 0.5) is 13.2 Å². The van der Waals surface area contributed by atoms with Crippen molar-refractivity contribution < 1.29 is 25.8 Å². The minimum absolute atomic E-state index is 0.335. The van der Waals surface area contributed by atoms with Crippen LogP contribution in [-0.4, -0.2) is 26.7 Å². The minimum atomic E-state index is -4.87. The van der Waals surface area contributed by atoms with Gasteiger partial charge in [-0.25, -0.2) is 0 Å². The van der Waals surface area contributed by atoms with Gasteiger partial charge in [0.05, 0.1) is 4.90 Å². The first-order chi connectivity index (χ1) is 9.45. The smallest absolute Gasteiger partial charge is 0.325 e. The zero-order valence-electron chi connectivity index (χ0n) is 11.9. The van der Waals surface area contributed by atoms with Gasteiger partial charge in [-0.15, -0.1) is 0 Å². The van der Waals surface area contributed by atoms with Gasteiger partial charge in [0.2, 0.25) is 0 Å². The highest BCUT2D eigenvalue weighted by molar-refractivity contribution is 7.86. The molecule has 2 atom stereocenters. The van der Waals surface area contributed by atoms with E-state index in [1.165, 1.54) is 38.1 Å². The summed E-state index contributed by atoms with van der Waals surface area (Å²) in [4.78, 5) is -0.335. The Morgan fingerprint density at radius 3 is 2.00 bits per heavy atom. The van der Waals surface area contributed by atoms with E-state index in [2.05, 4.69) is 4.18 Å². The van der Waals surface area contributed by atoms with Gasteiger partial charge in [0.25, 0.3) is 10.1 Å². The number of hydrogen-bond acceptors (Lipinski definition) is 4. The molecule has 0 spiro atoms. The lowest BCUT2D eigenvalue weighted by atomic mass is 9.99. The summed E-state index contributed by atoms with van der Waals surface area (Å²) in [6.07, 6.45) is -7.45. The summed E-state index contributed by atoms with van der Waals surface area (Å²) < 4.78 is 67.2. The molecular weight excluding hydrogens is 307 g/mol. The van der Waals surface area contributed by atoms with Crippen LogP contribution in [0.15, 0.2) is 29.2 Å². The molecule has 4 nitrogen and oxygen atoms in total. The molecule has 0 aliphatic carbocycles. The lowest BCUT2D eigenvalue weighted by molar-refractivity contribution is -0.202. The molecular formula is C13H18F3NO3S. The Morgan fingerprint density at radius 2 is 1.62 bits per heavy atom. The van der Waals surface area contributed by atoms with Gasteiger partial charge in [-0.05, 0) is 25.0 Å². The van der Waals surface area contributed by atoms with Crippen LogP contribution in [0.5, 0.6) is 0 Å². The Bertz CT molecular complexity index is 567. The van der Waals surface area contributed by atoms with E-state index < -0.39 is 34.4 Å². The van der Waals surface area contributed by atoms with Crippen molar-refractivity contribution in [2.45, 2.75) is 44.0 Å². The fourth-order valence-electron chi connectivity index (χ4n) is 1.58. The number of hydrogen-bond donors (Lipinski definition) is 1. The van der Waals surface area contributed by atoms with Crippen LogP contribution in [0, 0.1) is 12.8 Å². The standard InChI is InChI=1S/C13H18F3NO3S/c1-8(2)11(17)12(13(14,15)16)20-21(18,19)10-6-4-9(3)5-7-10/h4-8,11-12H,17H2,1-3H3. The molecule has 0 aliphatic rings. The van der Waals surface area contributed by atoms with E-state index in [1.807, 2.05) is 0 Å². The molecule has 1 aromatic carbocycles. The van der Waals surface area contributed by atoms with Crippen LogP contribution in [0.1, 0.15) is 19.4 Å². The van der Waals surface area contributed by atoms with E-state index in [9.17, 15) is 21.6 Å². The number of rotatable bonds is 5. The van der Waals surface area contributed by atoms with Crippen LogP contribution in [0.25, 0.3) is 0 Å². The highest BCUT2D eigenvalue weighted by atomic mass is 32.2. The number of nitrogens with two attached hydrogens (primary N) is 1. The molecule has 120 valence electrons. The van der Waals surface area contributed by atoms with Crippen molar-refractivity contribution in [2.24, 2.45) is 11.7 Å². The van der Waals surface area contributed by atoms with Crippen molar-refractivity contribution in [3.05, 3.63) is 29.8 Å². The summed E-state index contributed by atoms with van der Waals surface area (Å²) in [7, 11) is -4.54. The van der Waals surface area contributed by atoms with Crippen molar-refractivity contribution in [2.75, 3.05) is 0 Å². The topological polar surface area (TPSA) is 69.4 Å². The van der Waals surface area contributed by atoms with Gasteiger partial charge >= 0.3 is 6.18 Å². The van der Waals surface area contributed by atoms with E-state index in [1.54, 1.807) is 6.92 Å². The average Bonchev–Trinajstić information content (AvgIpc) is 2.34. The molecule has 0 aliphatic heterocycles. The summed E-state index contributed by atoms with van der Waals surface area (Å²) in [5.74, 6) is -0.593. The first-order valence-electron chi connectivity index (χ1n) is 6.27. The molecule has 0 bridgehead atoms. The van der Waals surface area contributed by atoms with Crippen LogP contribution in [-0.2, 0) is 14.3 Å². The van der Waals surface area contributed by atoms with Crippen LogP contribution in [0.3, 0.4) is 0 Å². The van der Waals surface area contributed by atoms with Gasteiger partial charge in [-0.3, -0.25) is 4.18 Å². The summed E-state index contributed by atoms with van der Waals surface area (Å²) in [5, 5.41) is 0. The molecule has 0 saturated heterocycles. The first-order valence-corrected chi connectivity index (χ1v) is 7.68. The van der Waals surface area contributed by atoms with Gasteiger partial charge in [-0.2, -0.15) is 21.6 Å². The molecule has 21 heavy (non-hydrogen) atoms. The molecule has 8 heteroatoms. The molecule has 0 amide bonds. The predicted octanol–water partition coefficient (Wildman–Crippen LogP) is 2.61. The van der Waals surface area contributed by atoms with E-state index in [0.717, 1.165) is 5.56 Å². The third kappa shape index (κ3) is 4.69. The lowest BCUT2D eigenvalue weighted by Crippen LogP contribution is -2.50. The molecule has 0 saturated carbocycles. The van der Waals surface area contributed by atoms with Gasteiger partial charge in [0.15, 0.2) is 6.10 Å². The quantitative estimate of drug-likeness (QED) is 0.845. The van der Waals surface area contributed by atoms with E-state index >= 15 is 0 Å². The Hall–Kier alpha value is -1.12. The lowest BCUT2D eigenvalue weighted by Gasteiger charge is -2.28. The maximum Gasteiger partial charge on any atom is 0.417 e.